The van der Waals surface area contributed by atoms with E-state index in [0.29, 0.717) is 0 Å². The van der Waals surface area contributed by atoms with Crippen LogP contribution in [0.1, 0.15) is 18.0 Å². The van der Waals surface area contributed by atoms with Gasteiger partial charge < -0.3 is 5.73 Å². The predicted molar refractivity (Wildman–Crippen MR) is 44.0 cm³/mol. The van der Waals surface area contributed by atoms with Crippen LogP contribution in [-0.2, 0) is 0 Å². The standard InChI is InChI=1S/C9H9F4N/c10-7-3-1-6(2-4-7)8(14)5-9(11,12)13/h1-4,8H,5,14H2/t8-/m1/s1. The van der Waals surface area contributed by atoms with Crippen LogP contribution in [-0.4, -0.2) is 6.18 Å². The molecule has 0 aromatic heterocycles. The minimum atomic E-state index is -4.30. The normalized spacial score (nSPS) is 14.1. The van der Waals surface area contributed by atoms with Gasteiger partial charge in [0.25, 0.3) is 0 Å². The Morgan fingerprint density at radius 3 is 2.07 bits per heavy atom. The second-order valence-electron chi connectivity index (χ2n) is 2.98. The lowest BCUT2D eigenvalue weighted by atomic mass is 10.0. The Kier molecular flexibility index (Phi) is 3.10. The van der Waals surface area contributed by atoms with E-state index >= 15 is 0 Å². The van der Waals surface area contributed by atoms with Crippen LogP contribution in [0.3, 0.4) is 0 Å². The van der Waals surface area contributed by atoms with Crippen LogP contribution in [0.25, 0.3) is 0 Å². The summed E-state index contributed by atoms with van der Waals surface area (Å²) in [6.45, 7) is 0. The molecule has 1 atom stereocenters. The zero-order chi connectivity index (χ0) is 10.8. The van der Waals surface area contributed by atoms with Crippen LogP contribution in [0.15, 0.2) is 24.3 Å². The van der Waals surface area contributed by atoms with Crippen molar-refractivity contribution in [3.63, 3.8) is 0 Å². The highest BCUT2D eigenvalue weighted by Crippen LogP contribution is 2.27. The molecule has 0 aliphatic rings. The molecule has 5 heteroatoms. The molecule has 78 valence electrons. The molecule has 0 fully saturated rings. The van der Waals surface area contributed by atoms with E-state index in [1.165, 1.54) is 12.1 Å². The van der Waals surface area contributed by atoms with E-state index in [4.69, 9.17) is 5.73 Å². The molecule has 1 nitrogen and oxygen atoms in total. The van der Waals surface area contributed by atoms with Crippen LogP contribution in [0, 0.1) is 5.82 Å². The van der Waals surface area contributed by atoms with Gasteiger partial charge in [-0.3, -0.25) is 0 Å². The fourth-order valence-corrected chi connectivity index (χ4v) is 1.08. The van der Waals surface area contributed by atoms with E-state index in [-0.39, 0.29) is 5.56 Å². The third-order valence-corrected chi connectivity index (χ3v) is 1.75. The lowest BCUT2D eigenvalue weighted by Crippen LogP contribution is -2.20. The van der Waals surface area contributed by atoms with Gasteiger partial charge in [-0.25, -0.2) is 4.39 Å². The van der Waals surface area contributed by atoms with E-state index < -0.39 is 24.5 Å². The topological polar surface area (TPSA) is 26.0 Å². The maximum atomic E-state index is 12.4. The maximum absolute atomic E-state index is 12.4. The van der Waals surface area contributed by atoms with Crippen molar-refractivity contribution in [3.05, 3.63) is 35.6 Å². The summed E-state index contributed by atoms with van der Waals surface area (Å²) < 4.78 is 48.2. The molecule has 0 radical (unpaired) electrons. The molecule has 0 spiro atoms. The maximum Gasteiger partial charge on any atom is 0.390 e. The van der Waals surface area contributed by atoms with E-state index in [1.54, 1.807) is 0 Å². The number of rotatable bonds is 2. The zero-order valence-corrected chi connectivity index (χ0v) is 7.18. The first-order valence-corrected chi connectivity index (χ1v) is 3.96. The van der Waals surface area contributed by atoms with E-state index in [0.717, 1.165) is 12.1 Å². The van der Waals surface area contributed by atoms with E-state index in [2.05, 4.69) is 0 Å². The number of benzene rings is 1. The lowest BCUT2D eigenvalue weighted by Gasteiger charge is -2.14. The minimum Gasteiger partial charge on any atom is -0.324 e. The molecule has 1 rings (SSSR count). The third kappa shape index (κ3) is 3.33. The average Bonchev–Trinajstić information content (AvgIpc) is 2.02. The first-order chi connectivity index (χ1) is 6.38. The molecular weight excluding hydrogens is 198 g/mol. The minimum absolute atomic E-state index is 0.281. The number of nitrogens with two attached hydrogens (primary N) is 1. The second kappa shape index (κ2) is 3.96. The monoisotopic (exact) mass is 207 g/mol. The molecule has 0 heterocycles. The number of alkyl halides is 3. The molecule has 0 saturated heterocycles. The molecular formula is C9H9F4N. The van der Waals surface area contributed by atoms with Gasteiger partial charge in [-0.1, -0.05) is 12.1 Å². The van der Waals surface area contributed by atoms with Crippen molar-refractivity contribution in [3.8, 4) is 0 Å². The zero-order valence-electron chi connectivity index (χ0n) is 7.18. The van der Waals surface area contributed by atoms with Gasteiger partial charge in [0.1, 0.15) is 5.82 Å². The van der Waals surface area contributed by atoms with E-state index in [9.17, 15) is 17.6 Å². The SMILES string of the molecule is N[C@H](CC(F)(F)F)c1ccc(F)cc1. The summed E-state index contributed by atoms with van der Waals surface area (Å²) in [5, 5.41) is 0. The quantitative estimate of drug-likeness (QED) is 0.741. The Morgan fingerprint density at radius 2 is 1.64 bits per heavy atom. The van der Waals surface area contributed by atoms with Crippen molar-refractivity contribution in [2.24, 2.45) is 5.73 Å². The number of hydrogen-bond acceptors (Lipinski definition) is 1. The Labute approximate surface area is 78.5 Å². The van der Waals surface area contributed by atoms with Gasteiger partial charge in [-0.05, 0) is 17.7 Å². The van der Waals surface area contributed by atoms with Gasteiger partial charge in [0, 0.05) is 6.04 Å². The molecule has 0 bridgehead atoms. The molecule has 1 aromatic carbocycles. The molecule has 1 aromatic rings. The second-order valence-corrected chi connectivity index (χ2v) is 2.98. The van der Waals surface area contributed by atoms with Gasteiger partial charge in [-0.2, -0.15) is 13.2 Å². The molecule has 14 heavy (non-hydrogen) atoms. The third-order valence-electron chi connectivity index (χ3n) is 1.75. The first-order valence-electron chi connectivity index (χ1n) is 3.96. The summed E-state index contributed by atoms with van der Waals surface area (Å²) in [5.41, 5.74) is 5.57. The molecule has 0 saturated carbocycles. The van der Waals surface area contributed by atoms with Crippen molar-refractivity contribution in [1.29, 1.82) is 0 Å². The number of hydrogen-bond donors (Lipinski definition) is 1. The summed E-state index contributed by atoms with van der Waals surface area (Å²) in [6.07, 6.45) is -5.40. The van der Waals surface area contributed by atoms with Crippen molar-refractivity contribution in [2.75, 3.05) is 0 Å². The van der Waals surface area contributed by atoms with Gasteiger partial charge in [0.05, 0.1) is 6.42 Å². The Balaban J connectivity index is 2.70. The van der Waals surface area contributed by atoms with E-state index in [1.807, 2.05) is 0 Å². The fraction of sp³-hybridized carbons (Fsp3) is 0.333. The molecule has 0 unspecified atom stereocenters. The van der Waals surface area contributed by atoms with Crippen molar-refractivity contribution in [2.45, 2.75) is 18.6 Å². The van der Waals surface area contributed by atoms with Crippen LogP contribution in [0.4, 0.5) is 17.6 Å². The van der Waals surface area contributed by atoms with Crippen molar-refractivity contribution < 1.29 is 17.6 Å². The van der Waals surface area contributed by atoms with Crippen molar-refractivity contribution >= 4 is 0 Å². The van der Waals surface area contributed by atoms with Crippen molar-refractivity contribution in [1.82, 2.24) is 0 Å². The highest BCUT2D eigenvalue weighted by molar-refractivity contribution is 5.19. The van der Waals surface area contributed by atoms with Gasteiger partial charge in [-0.15, -0.1) is 0 Å². The molecule has 2 N–H and O–H groups in total. The van der Waals surface area contributed by atoms with Gasteiger partial charge in [0.2, 0.25) is 0 Å². The first kappa shape index (κ1) is 11.0. The summed E-state index contributed by atoms with van der Waals surface area (Å²) in [6, 6.07) is 3.56. The Morgan fingerprint density at radius 1 is 1.14 bits per heavy atom. The van der Waals surface area contributed by atoms with Crippen LogP contribution >= 0.6 is 0 Å². The summed E-state index contributed by atoms with van der Waals surface area (Å²) >= 11 is 0. The number of halogens is 4. The smallest absolute Gasteiger partial charge is 0.324 e. The molecule has 0 amide bonds. The highest BCUT2D eigenvalue weighted by Gasteiger charge is 2.30. The van der Waals surface area contributed by atoms with Gasteiger partial charge in [0.15, 0.2) is 0 Å². The predicted octanol–water partition coefficient (Wildman–Crippen LogP) is 2.78. The van der Waals surface area contributed by atoms with Gasteiger partial charge >= 0.3 is 6.18 Å². The Hall–Kier alpha value is -1.10. The largest absolute Gasteiger partial charge is 0.390 e. The Bertz CT molecular complexity index is 291. The lowest BCUT2D eigenvalue weighted by molar-refractivity contribution is -0.138. The van der Waals surface area contributed by atoms with Crippen LogP contribution in [0.5, 0.6) is 0 Å². The molecule has 0 aliphatic heterocycles. The van der Waals surface area contributed by atoms with Crippen LogP contribution < -0.4 is 5.73 Å². The summed E-state index contributed by atoms with van der Waals surface area (Å²) in [4.78, 5) is 0. The average molecular weight is 207 g/mol. The molecule has 0 aliphatic carbocycles. The summed E-state index contributed by atoms with van der Waals surface area (Å²) in [7, 11) is 0. The highest BCUT2D eigenvalue weighted by atomic mass is 19.4. The van der Waals surface area contributed by atoms with Crippen LogP contribution in [0.2, 0.25) is 0 Å². The fourth-order valence-electron chi connectivity index (χ4n) is 1.08. The summed E-state index contributed by atoms with van der Waals surface area (Å²) in [5.74, 6) is -0.493.